The molecular formula is C12H20O5. The molecular weight excluding hydrogens is 224 g/mol. The topological polar surface area (TPSA) is 69.7 Å². The molecule has 5 heteroatoms. The Morgan fingerprint density at radius 3 is 1.76 bits per heavy atom. The number of ketones is 1. The van der Waals surface area contributed by atoms with Gasteiger partial charge in [0.05, 0.1) is 19.1 Å². The summed E-state index contributed by atoms with van der Waals surface area (Å²) in [5.41, 5.74) is 0. The third kappa shape index (κ3) is 4.54. The van der Waals surface area contributed by atoms with Crippen molar-refractivity contribution in [3.8, 4) is 0 Å². The van der Waals surface area contributed by atoms with Gasteiger partial charge in [0.1, 0.15) is 11.7 Å². The van der Waals surface area contributed by atoms with Crippen LogP contribution in [-0.2, 0) is 23.9 Å². The molecule has 0 fully saturated rings. The molecule has 0 aromatic heterocycles. The third-order valence-electron chi connectivity index (χ3n) is 2.41. The molecule has 98 valence electrons. The molecule has 0 bridgehead atoms. The first kappa shape index (κ1) is 15.6. The van der Waals surface area contributed by atoms with E-state index in [9.17, 15) is 14.4 Å². The summed E-state index contributed by atoms with van der Waals surface area (Å²) in [5, 5.41) is 0. The minimum Gasteiger partial charge on any atom is -0.466 e. The fourth-order valence-corrected chi connectivity index (χ4v) is 1.63. The number of rotatable bonds is 7. The van der Waals surface area contributed by atoms with Crippen molar-refractivity contribution in [2.75, 3.05) is 13.2 Å². The highest BCUT2D eigenvalue weighted by Crippen LogP contribution is 2.20. The molecule has 0 aliphatic rings. The maximum absolute atomic E-state index is 11.6. The van der Waals surface area contributed by atoms with Crippen molar-refractivity contribution in [2.24, 2.45) is 11.8 Å². The Morgan fingerprint density at radius 2 is 1.41 bits per heavy atom. The van der Waals surface area contributed by atoms with Crippen LogP contribution in [0.15, 0.2) is 0 Å². The van der Waals surface area contributed by atoms with Gasteiger partial charge in [-0.2, -0.15) is 0 Å². The van der Waals surface area contributed by atoms with E-state index in [1.54, 1.807) is 20.8 Å². The van der Waals surface area contributed by atoms with E-state index in [1.807, 2.05) is 0 Å². The molecule has 0 saturated carbocycles. The largest absolute Gasteiger partial charge is 0.466 e. The van der Waals surface area contributed by atoms with Gasteiger partial charge < -0.3 is 9.47 Å². The van der Waals surface area contributed by atoms with Gasteiger partial charge in [-0.25, -0.2) is 0 Å². The highest BCUT2D eigenvalue weighted by atomic mass is 16.5. The van der Waals surface area contributed by atoms with E-state index in [1.165, 1.54) is 6.92 Å². The van der Waals surface area contributed by atoms with Crippen LogP contribution in [0.4, 0.5) is 0 Å². The lowest BCUT2D eigenvalue weighted by Gasteiger charge is -2.20. The Labute approximate surface area is 101 Å². The van der Waals surface area contributed by atoms with Crippen LogP contribution in [0.2, 0.25) is 0 Å². The summed E-state index contributed by atoms with van der Waals surface area (Å²) in [4.78, 5) is 34.8. The monoisotopic (exact) mass is 244 g/mol. The second-order valence-corrected chi connectivity index (χ2v) is 3.61. The lowest BCUT2D eigenvalue weighted by atomic mass is 9.87. The quantitative estimate of drug-likeness (QED) is 0.499. The first-order valence-electron chi connectivity index (χ1n) is 5.83. The molecule has 0 aromatic rings. The van der Waals surface area contributed by atoms with Crippen molar-refractivity contribution >= 4 is 17.7 Å². The summed E-state index contributed by atoms with van der Waals surface area (Å²) >= 11 is 0. The smallest absolute Gasteiger partial charge is 0.317 e. The minimum absolute atomic E-state index is 0.182. The van der Waals surface area contributed by atoms with Crippen molar-refractivity contribution in [1.29, 1.82) is 0 Å². The maximum atomic E-state index is 11.6. The molecule has 0 spiro atoms. The molecule has 0 aromatic carbocycles. The van der Waals surface area contributed by atoms with Gasteiger partial charge in [-0.05, 0) is 27.2 Å². The van der Waals surface area contributed by atoms with Gasteiger partial charge in [0.25, 0.3) is 0 Å². The normalized spacial score (nSPS) is 13.6. The van der Waals surface area contributed by atoms with E-state index in [0.717, 1.165) is 0 Å². The lowest BCUT2D eigenvalue weighted by Crippen LogP contribution is -2.36. The molecule has 0 saturated heterocycles. The van der Waals surface area contributed by atoms with Gasteiger partial charge in [0, 0.05) is 0 Å². The fraction of sp³-hybridized carbons (Fsp3) is 0.750. The average molecular weight is 244 g/mol. The van der Waals surface area contributed by atoms with Gasteiger partial charge >= 0.3 is 11.9 Å². The van der Waals surface area contributed by atoms with Gasteiger partial charge in [-0.15, -0.1) is 0 Å². The Bertz CT molecular complexity index is 285. The van der Waals surface area contributed by atoms with Crippen LogP contribution in [0.25, 0.3) is 0 Å². The molecule has 0 rings (SSSR count). The number of Topliss-reactive ketones (excluding diaryl/α,β-unsaturated/α-hetero) is 1. The Balaban J connectivity index is 4.93. The highest BCUT2D eigenvalue weighted by molar-refractivity contribution is 6.01. The SMILES string of the molecule is CCOC(=O)[C@@H](C(C)=O)[C@@H](CC)C(=O)OCC. The van der Waals surface area contributed by atoms with Gasteiger partial charge in [0.2, 0.25) is 0 Å². The van der Waals surface area contributed by atoms with Crippen molar-refractivity contribution in [3.05, 3.63) is 0 Å². The predicted molar refractivity (Wildman–Crippen MR) is 61.2 cm³/mol. The number of carbonyl (C=O) groups excluding carboxylic acids is 3. The van der Waals surface area contributed by atoms with Gasteiger partial charge in [-0.1, -0.05) is 6.92 Å². The van der Waals surface area contributed by atoms with E-state index in [0.29, 0.717) is 6.42 Å². The summed E-state index contributed by atoms with van der Waals surface area (Å²) in [6.45, 7) is 6.75. The Kier molecular flexibility index (Phi) is 7.18. The van der Waals surface area contributed by atoms with Crippen LogP contribution >= 0.6 is 0 Å². The first-order valence-corrected chi connectivity index (χ1v) is 5.83. The van der Waals surface area contributed by atoms with Gasteiger partial charge in [0.15, 0.2) is 0 Å². The average Bonchev–Trinajstić information content (AvgIpc) is 2.25. The minimum atomic E-state index is -1.06. The van der Waals surface area contributed by atoms with E-state index in [4.69, 9.17) is 9.47 Å². The van der Waals surface area contributed by atoms with Crippen molar-refractivity contribution in [1.82, 2.24) is 0 Å². The van der Waals surface area contributed by atoms with Crippen LogP contribution in [0.3, 0.4) is 0 Å². The number of carbonyl (C=O) groups is 3. The maximum Gasteiger partial charge on any atom is 0.317 e. The zero-order valence-electron chi connectivity index (χ0n) is 10.8. The molecule has 0 aliphatic carbocycles. The van der Waals surface area contributed by atoms with Crippen LogP contribution in [0.1, 0.15) is 34.1 Å². The zero-order valence-corrected chi connectivity index (χ0v) is 10.8. The van der Waals surface area contributed by atoms with E-state index in [2.05, 4.69) is 0 Å². The number of ether oxygens (including phenoxy) is 2. The predicted octanol–water partition coefficient (Wildman–Crippen LogP) is 1.34. The molecule has 0 N–H and O–H groups in total. The summed E-state index contributed by atoms with van der Waals surface area (Å²) in [6, 6.07) is 0. The first-order chi connectivity index (χ1) is 7.99. The van der Waals surface area contributed by atoms with Crippen LogP contribution in [0.5, 0.6) is 0 Å². The second-order valence-electron chi connectivity index (χ2n) is 3.61. The van der Waals surface area contributed by atoms with Crippen molar-refractivity contribution in [3.63, 3.8) is 0 Å². The number of esters is 2. The standard InChI is InChI=1S/C12H20O5/c1-5-9(11(14)16-6-2)10(8(4)13)12(15)17-7-3/h9-10H,5-7H2,1-4H3/t9-,10+/m1/s1. The fourth-order valence-electron chi connectivity index (χ4n) is 1.63. The Hall–Kier alpha value is -1.39. The van der Waals surface area contributed by atoms with Crippen molar-refractivity contribution < 1.29 is 23.9 Å². The van der Waals surface area contributed by atoms with Crippen LogP contribution < -0.4 is 0 Å². The molecule has 0 amide bonds. The molecule has 0 aliphatic heterocycles. The van der Waals surface area contributed by atoms with Crippen LogP contribution in [0, 0.1) is 11.8 Å². The third-order valence-corrected chi connectivity index (χ3v) is 2.41. The molecule has 5 nitrogen and oxygen atoms in total. The van der Waals surface area contributed by atoms with Gasteiger partial charge in [-0.3, -0.25) is 14.4 Å². The van der Waals surface area contributed by atoms with Crippen molar-refractivity contribution in [2.45, 2.75) is 34.1 Å². The summed E-state index contributed by atoms with van der Waals surface area (Å²) in [7, 11) is 0. The van der Waals surface area contributed by atoms with Crippen LogP contribution in [-0.4, -0.2) is 30.9 Å². The second kappa shape index (κ2) is 7.81. The zero-order chi connectivity index (χ0) is 13.4. The molecule has 0 unspecified atom stereocenters. The molecule has 0 heterocycles. The van der Waals surface area contributed by atoms with E-state index in [-0.39, 0.29) is 19.0 Å². The number of hydrogen-bond acceptors (Lipinski definition) is 5. The number of hydrogen-bond donors (Lipinski definition) is 0. The molecule has 17 heavy (non-hydrogen) atoms. The lowest BCUT2D eigenvalue weighted by molar-refractivity contribution is -0.163. The highest BCUT2D eigenvalue weighted by Gasteiger charge is 2.37. The van der Waals surface area contributed by atoms with E-state index >= 15 is 0 Å². The molecule has 0 radical (unpaired) electrons. The molecule has 2 atom stereocenters. The summed E-state index contributed by atoms with van der Waals surface area (Å²) in [6.07, 6.45) is 0.363. The summed E-state index contributed by atoms with van der Waals surface area (Å²) in [5.74, 6) is -3.36. The summed E-state index contributed by atoms with van der Waals surface area (Å²) < 4.78 is 9.66. The van der Waals surface area contributed by atoms with E-state index < -0.39 is 23.8 Å². The Morgan fingerprint density at radius 1 is 0.941 bits per heavy atom.